The van der Waals surface area contributed by atoms with Gasteiger partial charge < -0.3 is 19.5 Å². The molecule has 2 aliphatic heterocycles. The van der Waals surface area contributed by atoms with E-state index < -0.39 is 28.0 Å². The minimum absolute atomic E-state index is 0.0480. The van der Waals surface area contributed by atoms with Gasteiger partial charge in [-0.2, -0.15) is 4.31 Å². The Balaban J connectivity index is 1.39. The lowest BCUT2D eigenvalue weighted by Crippen LogP contribution is -2.36. The van der Waals surface area contributed by atoms with Crippen molar-refractivity contribution in [3.05, 3.63) is 53.1 Å². The fraction of sp³-hybridized carbons (Fsp3) is 0.417. The summed E-state index contributed by atoms with van der Waals surface area (Å²) >= 11 is 0. The van der Waals surface area contributed by atoms with Crippen molar-refractivity contribution in [2.24, 2.45) is 0 Å². The van der Waals surface area contributed by atoms with E-state index in [1.807, 2.05) is 6.07 Å². The predicted octanol–water partition coefficient (Wildman–Crippen LogP) is 2.76. The minimum atomic E-state index is -3.70. The average Bonchev–Trinajstić information content (AvgIpc) is 3.31. The summed E-state index contributed by atoms with van der Waals surface area (Å²) in [6, 6.07) is 9.76. The molecule has 0 aliphatic carbocycles. The summed E-state index contributed by atoms with van der Waals surface area (Å²) in [6.07, 6.45) is 1.58. The van der Waals surface area contributed by atoms with Crippen LogP contribution in [0, 0.1) is 6.92 Å². The fourth-order valence-electron chi connectivity index (χ4n) is 3.90. The van der Waals surface area contributed by atoms with Crippen molar-refractivity contribution in [2.45, 2.75) is 50.7 Å². The summed E-state index contributed by atoms with van der Waals surface area (Å²) < 4.78 is 43.4. The summed E-state index contributed by atoms with van der Waals surface area (Å²) in [6.45, 7) is 4.49. The number of carbonyl (C=O) groups is 2. The largest absolute Gasteiger partial charge is 0.454 e. The van der Waals surface area contributed by atoms with Crippen molar-refractivity contribution in [3.8, 4) is 11.5 Å². The molecule has 182 valence electrons. The fourth-order valence-corrected chi connectivity index (χ4v) is 5.44. The molecule has 0 aromatic heterocycles. The summed E-state index contributed by atoms with van der Waals surface area (Å²) in [5.74, 6) is 0.0399. The molecule has 10 heteroatoms. The monoisotopic (exact) mass is 488 g/mol. The zero-order valence-electron chi connectivity index (χ0n) is 19.2. The number of piperidine rings is 1. The predicted molar refractivity (Wildman–Crippen MR) is 123 cm³/mol. The number of hydrogen-bond acceptors (Lipinski definition) is 7. The number of amides is 1. The second kappa shape index (κ2) is 10.0. The van der Waals surface area contributed by atoms with Gasteiger partial charge in [0.1, 0.15) is 0 Å². The highest BCUT2D eigenvalue weighted by Crippen LogP contribution is 2.32. The summed E-state index contributed by atoms with van der Waals surface area (Å²) in [5, 5.41) is 2.72. The van der Waals surface area contributed by atoms with E-state index in [4.69, 9.17) is 14.2 Å². The number of aryl methyl sites for hydroxylation is 1. The molecule has 2 aromatic carbocycles. The van der Waals surface area contributed by atoms with Crippen LogP contribution in [0.3, 0.4) is 0 Å². The first-order chi connectivity index (χ1) is 16.3. The molecule has 2 aliphatic rings. The number of nitrogens with one attached hydrogen (secondary N) is 1. The Kier molecular flexibility index (Phi) is 7.08. The van der Waals surface area contributed by atoms with Gasteiger partial charge in [-0.15, -0.1) is 0 Å². The zero-order valence-corrected chi connectivity index (χ0v) is 20.0. The summed E-state index contributed by atoms with van der Waals surface area (Å²) in [4.78, 5) is 25.3. The molecule has 4 rings (SSSR count). The third-order valence-electron chi connectivity index (χ3n) is 5.94. The number of ether oxygens (including phenoxy) is 3. The first-order valence-electron chi connectivity index (χ1n) is 11.2. The van der Waals surface area contributed by atoms with Crippen LogP contribution in [0.2, 0.25) is 0 Å². The van der Waals surface area contributed by atoms with Crippen molar-refractivity contribution in [2.75, 3.05) is 19.9 Å². The molecule has 9 nitrogen and oxygen atoms in total. The van der Waals surface area contributed by atoms with Crippen molar-refractivity contribution in [1.82, 2.24) is 9.62 Å². The normalized spacial score (nSPS) is 16.6. The van der Waals surface area contributed by atoms with E-state index >= 15 is 0 Å². The highest BCUT2D eigenvalue weighted by molar-refractivity contribution is 7.89. The molecule has 0 radical (unpaired) electrons. The van der Waals surface area contributed by atoms with Crippen molar-refractivity contribution < 1.29 is 32.2 Å². The Morgan fingerprint density at radius 3 is 2.56 bits per heavy atom. The molecule has 2 heterocycles. The number of rotatable bonds is 7. The Morgan fingerprint density at radius 1 is 1.06 bits per heavy atom. The number of esters is 1. The Morgan fingerprint density at radius 2 is 1.79 bits per heavy atom. The van der Waals surface area contributed by atoms with E-state index in [9.17, 15) is 18.0 Å². The molecule has 0 spiro atoms. The second-order valence-corrected chi connectivity index (χ2v) is 10.3. The van der Waals surface area contributed by atoms with Crippen LogP contribution in [0.25, 0.3) is 0 Å². The van der Waals surface area contributed by atoms with Crippen molar-refractivity contribution in [1.29, 1.82) is 0 Å². The first-order valence-corrected chi connectivity index (χ1v) is 12.7. The Hall–Kier alpha value is -3.11. The number of sulfonamides is 1. The lowest BCUT2D eigenvalue weighted by molar-refractivity contribution is -0.129. The maximum atomic E-state index is 13.0. The maximum Gasteiger partial charge on any atom is 0.339 e. The molecule has 34 heavy (non-hydrogen) atoms. The molecule has 1 fully saturated rings. The molecule has 1 atom stereocenters. The standard InChI is InChI=1S/C24H28N2O7S/c1-16-6-8-19(34(29,30)26-10-4-3-5-11-26)13-20(16)24(28)33-17(2)23(27)25-14-18-7-9-21-22(12-18)32-15-31-21/h6-9,12-13,17H,3-5,10-11,14-15H2,1-2H3,(H,25,27)/t17-/m0/s1. The summed E-state index contributed by atoms with van der Waals surface area (Å²) in [5.41, 5.74) is 1.49. The van der Waals surface area contributed by atoms with E-state index in [0.717, 1.165) is 24.8 Å². The van der Waals surface area contributed by atoms with Crippen molar-refractivity contribution >= 4 is 21.9 Å². The van der Waals surface area contributed by atoms with E-state index in [-0.39, 0.29) is 23.8 Å². The second-order valence-electron chi connectivity index (χ2n) is 8.39. The third kappa shape index (κ3) is 5.18. The molecule has 0 unspecified atom stereocenters. The van der Waals surface area contributed by atoms with Gasteiger partial charge in [0.2, 0.25) is 16.8 Å². The van der Waals surface area contributed by atoms with Crippen LogP contribution < -0.4 is 14.8 Å². The molecule has 0 bridgehead atoms. The number of hydrogen-bond donors (Lipinski definition) is 1. The molecular formula is C24H28N2O7S. The van der Waals surface area contributed by atoms with Crippen LogP contribution in [-0.4, -0.2) is 50.6 Å². The Bertz CT molecular complexity index is 1190. The van der Waals surface area contributed by atoms with E-state index in [0.29, 0.717) is 30.2 Å². The number of fused-ring (bicyclic) bond motifs is 1. The van der Waals surface area contributed by atoms with E-state index in [1.165, 1.54) is 23.4 Å². The van der Waals surface area contributed by atoms with Crippen LogP contribution in [0.15, 0.2) is 41.3 Å². The van der Waals surface area contributed by atoms with Crippen LogP contribution in [0.1, 0.15) is 47.7 Å². The molecule has 0 saturated carbocycles. The molecule has 1 amide bonds. The Labute approximate surface area is 199 Å². The van der Waals surface area contributed by atoms with Gasteiger partial charge in [0.15, 0.2) is 17.6 Å². The average molecular weight is 489 g/mol. The highest BCUT2D eigenvalue weighted by Gasteiger charge is 2.28. The third-order valence-corrected chi connectivity index (χ3v) is 7.83. The van der Waals surface area contributed by atoms with Crippen LogP contribution in [0.4, 0.5) is 0 Å². The van der Waals surface area contributed by atoms with Gasteiger partial charge in [-0.25, -0.2) is 13.2 Å². The van der Waals surface area contributed by atoms with Gasteiger partial charge in [-0.1, -0.05) is 18.6 Å². The first kappa shape index (κ1) is 24.0. The lowest BCUT2D eigenvalue weighted by Gasteiger charge is -2.26. The van der Waals surface area contributed by atoms with Gasteiger partial charge in [0.05, 0.1) is 10.5 Å². The summed E-state index contributed by atoms with van der Waals surface area (Å²) in [7, 11) is -3.70. The van der Waals surface area contributed by atoms with Gasteiger partial charge in [0, 0.05) is 19.6 Å². The quantitative estimate of drug-likeness (QED) is 0.597. The smallest absolute Gasteiger partial charge is 0.339 e. The number of benzene rings is 2. The highest BCUT2D eigenvalue weighted by atomic mass is 32.2. The van der Waals surface area contributed by atoms with Gasteiger partial charge in [0.25, 0.3) is 5.91 Å². The van der Waals surface area contributed by atoms with Gasteiger partial charge in [-0.05, 0) is 62.1 Å². The zero-order chi connectivity index (χ0) is 24.3. The van der Waals surface area contributed by atoms with Crippen LogP contribution in [0.5, 0.6) is 11.5 Å². The molecule has 1 saturated heterocycles. The lowest BCUT2D eigenvalue weighted by atomic mass is 10.1. The molecule has 2 aromatic rings. The van der Waals surface area contributed by atoms with E-state index in [2.05, 4.69) is 5.32 Å². The maximum absolute atomic E-state index is 13.0. The van der Waals surface area contributed by atoms with Gasteiger partial charge >= 0.3 is 5.97 Å². The van der Waals surface area contributed by atoms with Gasteiger partial charge in [-0.3, -0.25) is 4.79 Å². The molecule has 1 N–H and O–H groups in total. The minimum Gasteiger partial charge on any atom is -0.454 e. The SMILES string of the molecule is Cc1ccc(S(=O)(=O)N2CCCCC2)cc1C(=O)O[C@@H](C)C(=O)NCc1ccc2c(c1)OCO2. The van der Waals surface area contributed by atoms with Crippen molar-refractivity contribution in [3.63, 3.8) is 0 Å². The topological polar surface area (TPSA) is 111 Å². The van der Waals surface area contributed by atoms with Crippen LogP contribution >= 0.6 is 0 Å². The molecular weight excluding hydrogens is 460 g/mol. The number of carbonyl (C=O) groups excluding carboxylic acids is 2. The number of nitrogens with zero attached hydrogens (tertiary/aromatic N) is 1. The van der Waals surface area contributed by atoms with E-state index in [1.54, 1.807) is 25.1 Å². The van der Waals surface area contributed by atoms with Crippen LogP contribution in [-0.2, 0) is 26.1 Å².